The van der Waals surface area contributed by atoms with Crippen LogP contribution in [0.2, 0.25) is 0 Å². The van der Waals surface area contributed by atoms with Crippen LogP contribution in [0.1, 0.15) is 29.6 Å². The van der Waals surface area contributed by atoms with Gasteiger partial charge in [-0.25, -0.2) is 8.42 Å². The molecule has 1 aromatic rings. The molecule has 1 aliphatic carbocycles. The van der Waals surface area contributed by atoms with E-state index >= 15 is 0 Å². The highest BCUT2D eigenvalue weighted by Crippen LogP contribution is 2.41. The summed E-state index contributed by atoms with van der Waals surface area (Å²) in [6, 6.07) is 4.12. The van der Waals surface area contributed by atoms with E-state index in [-0.39, 0.29) is 17.1 Å². The Morgan fingerprint density at radius 1 is 1.40 bits per heavy atom. The van der Waals surface area contributed by atoms with Gasteiger partial charge in [-0.3, -0.25) is 9.18 Å². The fraction of sp³-hybridized carbons (Fsp3) is 0.500. The first-order valence-electron chi connectivity index (χ1n) is 6.38. The number of hydrogen-bond acceptors (Lipinski definition) is 4. The van der Waals surface area contributed by atoms with Crippen LogP contribution in [0, 0.1) is 5.41 Å². The first kappa shape index (κ1) is 15.0. The first-order chi connectivity index (χ1) is 9.40. The van der Waals surface area contributed by atoms with Gasteiger partial charge >= 0.3 is 0 Å². The van der Waals surface area contributed by atoms with Crippen molar-refractivity contribution in [2.75, 3.05) is 19.5 Å². The summed E-state index contributed by atoms with van der Waals surface area (Å²) >= 11 is 0. The highest BCUT2D eigenvalue weighted by Gasteiger charge is 2.38. The Kier molecular flexibility index (Phi) is 4.13. The maximum atomic E-state index is 13.0. The van der Waals surface area contributed by atoms with Crippen molar-refractivity contribution in [3.05, 3.63) is 23.8 Å². The van der Waals surface area contributed by atoms with E-state index in [1.54, 1.807) is 0 Å². The van der Waals surface area contributed by atoms with Crippen LogP contribution in [0.3, 0.4) is 0 Å². The zero-order valence-electron chi connectivity index (χ0n) is 11.3. The number of alkyl halides is 1. The number of hydrogen-bond donors (Lipinski definition) is 0. The van der Waals surface area contributed by atoms with Crippen molar-refractivity contribution in [2.24, 2.45) is 5.41 Å². The molecule has 0 aliphatic heterocycles. The third-order valence-electron chi connectivity index (χ3n) is 3.77. The number of carbonyl (C=O) groups excluding carboxylic acids is 1. The van der Waals surface area contributed by atoms with Crippen molar-refractivity contribution in [1.29, 1.82) is 0 Å². The lowest BCUT2D eigenvalue weighted by Gasteiger charge is -2.38. The number of benzene rings is 1. The molecule has 0 radical (unpaired) electrons. The van der Waals surface area contributed by atoms with E-state index in [0.29, 0.717) is 12.0 Å². The molecule has 0 amide bonds. The molecule has 20 heavy (non-hydrogen) atoms. The molecule has 6 heteroatoms. The van der Waals surface area contributed by atoms with Crippen molar-refractivity contribution in [1.82, 2.24) is 0 Å². The monoisotopic (exact) mass is 300 g/mol. The van der Waals surface area contributed by atoms with Gasteiger partial charge in [0.15, 0.2) is 16.1 Å². The molecule has 1 aliphatic rings. The van der Waals surface area contributed by atoms with Gasteiger partial charge in [0.2, 0.25) is 0 Å². The quantitative estimate of drug-likeness (QED) is 0.757. The fourth-order valence-corrected chi connectivity index (χ4v) is 2.86. The van der Waals surface area contributed by atoms with Crippen LogP contribution in [0.4, 0.5) is 4.39 Å². The molecule has 0 heterocycles. The molecule has 0 atom stereocenters. The van der Waals surface area contributed by atoms with E-state index in [2.05, 4.69) is 0 Å². The van der Waals surface area contributed by atoms with Crippen molar-refractivity contribution >= 4 is 16.1 Å². The molecule has 4 nitrogen and oxygen atoms in total. The van der Waals surface area contributed by atoms with Crippen LogP contribution >= 0.6 is 0 Å². The van der Waals surface area contributed by atoms with E-state index in [1.165, 1.54) is 18.2 Å². The molecule has 0 spiro atoms. The second kappa shape index (κ2) is 5.52. The normalized spacial score (nSPS) is 17.3. The van der Waals surface area contributed by atoms with Crippen molar-refractivity contribution < 1.29 is 22.3 Å². The third-order valence-corrected chi connectivity index (χ3v) is 4.88. The molecule has 0 aromatic heterocycles. The largest absolute Gasteiger partial charge is 0.492 e. The Morgan fingerprint density at radius 2 is 2.10 bits per heavy atom. The van der Waals surface area contributed by atoms with Gasteiger partial charge < -0.3 is 4.74 Å². The van der Waals surface area contributed by atoms with Crippen LogP contribution in [-0.2, 0) is 9.84 Å². The van der Waals surface area contributed by atoms with Gasteiger partial charge in [-0.1, -0.05) is 6.42 Å². The Bertz CT molecular complexity index is 600. The minimum Gasteiger partial charge on any atom is -0.492 e. The van der Waals surface area contributed by atoms with Gasteiger partial charge in [0.05, 0.1) is 23.7 Å². The van der Waals surface area contributed by atoms with Gasteiger partial charge in [-0.15, -0.1) is 0 Å². The average molecular weight is 300 g/mol. The fourth-order valence-electron chi connectivity index (χ4n) is 2.20. The lowest BCUT2D eigenvalue weighted by atomic mass is 9.70. The molecule has 1 saturated carbocycles. The van der Waals surface area contributed by atoms with Crippen LogP contribution in [-0.4, -0.2) is 34.2 Å². The lowest BCUT2D eigenvalue weighted by Crippen LogP contribution is -2.37. The number of ether oxygens (including phenoxy) is 1. The summed E-state index contributed by atoms with van der Waals surface area (Å²) in [6.45, 7) is -0.229. The van der Waals surface area contributed by atoms with E-state index in [1.807, 2.05) is 0 Å². The molecule has 1 fully saturated rings. The zero-order chi connectivity index (χ0) is 14.8. The summed E-state index contributed by atoms with van der Waals surface area (Å²) in [4.78, 5) is 11.1. The van der Waals surface area contributed by atoms with Crippen LogP contribution in [0.15, 0.2) is 23.1 Å². The van der Waals surface area contributed by atoms with Crippen molar-refractivity contribution in [3.8, 4) is 5.75 Å². The molecule has 110 valence electrons. The summed E-state index contributed by atoms with van der Waals surface area (Å²) in [5.41, 5.74) is -0.267. The summed E-state index contributed by atoms with van der Waals surface area (Å²) < 4.78 is 41.3. The molecule has 0 unspecified atom stereocenters. The number of carbonyl (C=O) groups is 1. The Hall–Kier alpha value is -1.43. The predicted molar refractivity (Wildman–Crippen MR) is 72.7 cm³/mol. The maximum absolute atomic E-state index is 13.0. The molecular weight excluding hydrogens is 283 g/mol. The van der Waals surface area contributed by atoms with Gasteiger partial charge in [0, 0.05) is 11.7 Å². The number of rotatable bonds is 6. The highest BCUT2D eigenvalue weighted by atomic mass is 32.2. The SMILES string of the molecule is CS(=O)(=O)c1ccc(OCC2(CF)CCC2)c(C=O)c1. The van der Waals surface area contributed by atoms with Crippen LogP contribution < -0.4 is 4.74 Å². The van der Waals surface area contributed by atoms with Gasteiger partial charge in [0.25, 0.3) is 0 Å². The summed E-state index contributed by atoms with van der Waals surface area (Å²) in [5, 5.41) is 0. The van der Waals surface area contributed by atoms with Crippen LogP contribution in [0.25, 0.3) is 0 Å². The number of sulfone groups is 1. The topological polar surface area (TPSA) is 60.4 Å². The highest BCUT2D eigenvalue weighted by molar-refractivity contribution is 7.90. The minimum atomic E-state index is -3.37. The molecule has 1 aromatic carbocycles. The smallest absolute Gasteiger partial charge is 0.175 e. The Morgan fingerprint density at radius 3 is 2.55 bits per heavy atom. The number of aldehydes is 1. The minimum absolute atomic E-state index is 0.0656. The van der Waals surface area contributed by atoms with Gasteiger partial charge in [-0.05, 0) is 31.0 Å². The van der Waals surface area contributed by atoms with Crippen molar-refractivity contribution in [2.45, 2.75) is 24.2 Å². The summed E-state index contributed by atoms with van der Waals surface area (Å²) in [6.07, 6.45) is 4.17. The second-order valence-electron chi connectivity index (χ2n) is 5.37. The molecule has 0 bridgehead atoms. The van der Waals surface area contributed by atoms with Gasteiger partial charge in [-0.2, -0.15) is 0 Å². The van der Waals surface area contributed by atoms with Gasteiger partial charge in [0.1, 0.15) is 5.75 Å². The van der Waals surface area contributed by atoms with E-state index in [4.69, 9.17) is 4.74 Å². The molecule has 2 rings (SSSR count). The standard InChI is InChI=1S/C14H17FO4S/c1-20(17,18)12-3-4-13(11(7-12)8-16)19-10-14(9-15)5-2-6-14/h3-4,7-8H,2,5-6,9-10H2,1H3. The lowest BCUT2D eigenvalue weighted by molar-refractivity contribution is 0.0314. The maximum Gasteiger partial charge on any atom is 0.175 e. The van der Waals surface area contributed by atoms with Crippen molar-refractivity contribution in [3.63, 3.8) is 0 Å². The molecule has 0 saturated heterocycles. The Labute approximate surface area is 117 Å². The molecule has 0 N–H and O–H groups in total. The average Bonchev–Trinajstić information content (AvgIpc) is 2.37. The predicted octanol–water partition coefficient (Wildman–Crippen LogP) is 2.42. The van der Waals surface area contributed by atoms with Crippen LogP contribution in [0.5, 0.6) is 5.75 Å². The molecular formula is C14H17FO4S. The summed E-state index contributed by atoms with van der Waals surface area (Å²) in [7, 11) is -3.37. The van der Waals surface area contributed by atoms with E-state index < -0.39 is 21.9 Å². The summed E-state index contributed by atoms with van der Waals surface area (Å²) in [5.74, 6) is 0.298. The second-order valence-corrected chi connectivity index (χ2v) is 7.38. The first-order valence-corrected chi connectivity index (χ1v) is 8.27. The zero-order valence-corrected chi connectivity index (χ0v) is 12.1. The van der Waals surface area contributed by atoms with E-state index in [0.717, 1.165) is 25.5 Å². The number of halogens is 1. The Balaban J connectivity index is 2.18. The van der Waals surface area contributed by atoms with E-state index in [9.17, 15) is 17.6 Å². The third kappa shape index (κ3) is 3.00.